The summed E-state index contributed by atoms with van der Waals surface area (Å²) in [5.74, 6) is 1.36. The molecule has 0 unspecified atom stereocenters. The van der Waals surface area contributed by atoms with Crippen molar-refractivity contribution in [2.75, 3.05) is 5.32 Å². The molecule has 0 fully saturated rings. The molecule has 154 valence electrons. The fraction of sp³-hybridized carbons (Fsp3) is 0.273. The number of H-pyrrole nitrogens is 2. The molecule has 0 saturated carbocycles. The molecule has 3 N–H and O–H groups in total. The second-order valence-electron chi connectivity index (χ2n) is 8.42. The highest BCUT2D eigenvalue weighted by Crippen LogP contribution is 2.24. The zero-order chi connectivity index (χ0) is 21.5. The Morgan fingerprint density at radius 3 is 2.73 bits per heavy atom. The molecular weight excluding hydrogens is 396 g/mol. The normalized spacial score (nSPS) is 11.7. The number of aromatic amines is 2. The predicted octanol–water partition coefficient (Wildman–Crippen LogP) is 4.73. The first-order chi connectivity index (χ1) is 14.2. The Hall–Kier alpha value is -3.26. The number of carbonyl (C=O) groups is 1. The summed E-state index contributed by atoms with van der Waals surface area (Å²) in [6, 6.07) is 13.6. The van der Waals surface area contributed by atoms with E-state index in [0.29, 0.717) is 16.3 Å². The van der Waals surface area contributed by atoms with E-state index in [9.17, 15) is 4.79 Å². The lowest BCUT2D eigenvalue weighted by molar-refractivity contribution is -0.116. The lowest BCUT2D eigenvalue weighted by atomic mass is 9.96. The lowest BCUT2D eigenvalue weighted by Crippen LogP contribution is -2.19. The predicted molar refractivity (Wildman–Crippen MR) is 121 cm³/mol. The van der Waals surface area contributed by atoms with Gasteiger partial charge in [0.15, 0.2) is 10.6 Å². The minimum atomic E-state index is -0.184. The standard InChI is InChI=1S/C22H24N6OS/c1-13-6-5-7-14(10-13)19-26-27-21(30)28(19)12-18(29)23-15-8-9-16-17(11-15)25-20(24-16)22(2,3)4/h5-11H,12H2,1-4H3,(H,23,29)(H,24,25)(H,27,30). The van der Waals surface area contributed by atoms with Crippen LogP contribution in [-0.4, -0.2) is 30.6 Å². The SMILES string of the molecule is Cc1cccc(-c2n[nH]c(=S)n2CC(=O)Nc2ccc3nc(C(C)(C)C)[nH]c3c2)c1. The number of nitrogens with one attached hydrogen (secondary N) is 3. The van der Waals surface area contributed by atoms with Crippen LogP contribution in [0.1, 0.15) is 32.2 Å². The van der Waals surface area contributed by atoms with Crippen molar-refractivity contribution >= 4 is 34.8 Å². The number of anilines is 1. The van der Waals surface area contributed by atoms with Crippen molar-refractivity contribution in [2.24, 2.45) is 0 Å². The number of benzene rings is 2. The number of imidazole rings is 1. The van der Waals surface area contributed by atoms with Crippen molar-refractivity contribution in [3.63, 3.8) is 0 Å². The minimum absolute atomic E-state index is 0.0624. The van der Waals surface area contributed by atoms with Gasteiger partial charge in [0.05, 0.1) is 11.0 Å². The van der Waals surface area contributed by atoms with Gasteiger partial charge in [-0.25, -0.2) is 4.98 Å². The van der Waals surface area contributed by atoms with E-state index >= 15 is 0 Å². The Bertz CT molecular complexity index is 1290. The minimum Gasteiger partial charge on any atom is -0.341 e. The maximum atomic E-state index is 12.7. The molecule has 0 atom stereocenters. The van der Waals surface area contributed by atoms with Gasteiger partial charge in [0.25, 0.3) is 0 Å². The van der Waals surface area contributed by atoms with Crippen LogP contribution in [0.25, 0.3) is 22.4 Å². The van der Waals surface area contributed by atoms with Crippen molar-refractivity contribution in [1.82, 2.24) is 24.7 Å². The fourth-order valence-corrected chi connectivity index (χ4v) is 3.45. The summed E-state index contributed by atoms with van der Waals surface area (Å²) in [6.45, 7) is 8.39. The topological polar surface area (TPSA) is 91.4 Å². The third-order valence-corrected chi connectivity index (χ3v) is 5.12. The molecular formula is C22H24N6OS. The van der Waals surface area contributed by atoms with Crippen LogP contribution < -0.4 is 5.32 Å². The number of fused-ring (bicyclic) bond motifs is 1. The molecule has 4 rings (SSSR count). The van der Waals surface area contributed by atoms with Crippen molar-refractivity contribution in [2.45, 2.75) is 39.7 Å². The monoisotopic (exact) mass is 420 g/mol. The van der Waals surface area contributed by atoms with Crippen LogP contribution in [0.3, 0.4) is 0 Å². The van der Waals surface area contributed by atoms with E-state index in [1.165, 1.54) is 0 Å². The first-order valence-electron chi connectivity index (χ1n) is 9.73. The summed E-state index contributed by atoms with van der Waals surface area (Å²) < 4.78 is 2.10. The van der Waals surface area contributed by atoms with Crippen LogP contribution in [0.2, 0.25) is 0 Å². The summed E-state index contributed by atoms with van der Waals surface area (Å²) in [7, 11) is 0. The summed E-state index contributed by atoms with van der Waals surface area (Å²) in [5, 5.41) is 10.0. The second kappa shape index (κ2) is 7.53. The first kappa shape index (κ1) is 20.0. The maximum absolute atomic E-state index is 12.7. The highest BCUT2D eigenvalue weighted by molar-refractivity contribution is 7.71. The van der Waals surface area contributed by atoms with Gasteiger partial charge in [-0.05, 0) is 43.4 Å². The Morgan fingerprint density at radius 1 is 1.20 bits per heavy atom. The summed E-state index contributed by atoms with van der Waals surface area (Å²) in [4.78, 5) is 20.7. The van der Waals surface area contributed by atoms with Crippen molar-refractivity contribution in [3.05, 3.63) is 58.6 Å². The molecule has 0 radical (unpaired) electrons. The van der Waals surface area contributed by atoms with E-state index in [4.69, 9.17) is 12.2 Å². The molecule has 30 heavy (non-hydrogen) atoms. The molecule has 0 aliphatic heterocycles. The smallest absolute Gasteiger partial charge is 0.244 e. The molecule has 8 heteroatoms. The van der Waals surface area contributed by atoms with Gasteiger partial charge in [0.1, 0.15) is 12.4 Å². The number of carbonyl (C=O) groups excluding carboxylic acids is 1. The van der Waals surface area contributed by atoms with E-state index < -0.39 is 0 Å². The molecule has 1 amide bonds. The van der Waals surface area contributed by atoms with Crippen LogP contribution in [-0.2, 0) is 16.8 Å². The number of amides is 1. The molecule has 2 heterocycles. The largest absolute Gasteiger partial charge is 0.341 e. The third-order valence-electron chi connectivity index (χ3n) is 4.81. The van der Waals surface area contributed by atoms with Crippen LogP contribution >= 0.6 is 12.2 Å². The molecule has 2 aromatic heterocycles. The van der Waals surface area contributed by atoms with Gasteiger partial charge in [0, 0.05) is 16.7 Å². The van der Waals surface area contributed by atoms with Crippen LogP contribution in [0.15, 0.2) is 42.5 Å². The Balaban J connectivity index is 1.56. The van der Waals surface area contributed by atoms with Crippen LogP contribution in [0.4, 0.5) is 5.69 Å². The summed E-state index contributed by atoms with van der Waals surface area (Å²) >= 11 is 5.34. The first-order valence-corrected chi connectivity index (χ1v) is 10.1. The number of rotatable bonds is 4. The van der Waals surface area contributed by atoms with Gasteiger partial charge in [0.2, 0.25) is 5.91 Å². The molecule has 2 aromatic carbocycles. The van der Waals surface area contributed by atoms with E-state index in [1.54, 1.807) is 4.57 Å². The maximum Gasteiger partial charge on any atom is 0.244 e. The highest BCUT2D eigenvalue weighted by atomic mass is 32.1. The average molecular weight is 421 g/mol. The summed E-state index contributed by atoms with van der Waals surface area (Å²) in [5.41, 5.74) is 4.40. The van der Waals surface area contributed by atoms with Gasteiger partial charge in [-0.1, -0.05) is 44.5 Å². The Kier molecular flexibility index (Phi) is 5.03. The van der Waals surface area contributed by atoms with Gasteiger partial charge in [-0.15, -0.1) is 0 Å². The Morgan fingerprint density at radius 2 is 2.00 bits per heavy atom. The average Bonchev–Trinajstić information content (AvgIpc) is 3.25. The second-order valence-corrected chi connectivity index (χ2v) is 8.81. The molecule has 0 spiro atoms. The van der Waals surface area contributed by atoms with E-state index in [0.717, 1.165) is 28.0 Å². The molecule has 4 aromatic rings. The highest BCUT2D eigenvalue weighted by Gasteiger charge is 2.18. The van der Waals surface area contributed by atoms with Crippen LogP contribution in [0.5, 0.6) is 0 Å². The Labute approximate surface area is 179 Å². The van der Waals surface area contributed by atoms with E-state index in [-0.39, 0.29) is 17.9 Å². The van der Waals surface area contributed by atoms with Crippen molar-refractivity contribution in [3.8, 4) is 11.4 Å². The number of aryl methyl sites for hydroxylation is 1. The van der Waals surface area contributed by atoms with E-state index in [2.05, 4.69) is 46.3 Å². The zero-order valence-electron chi connectivity index (χ0n) is 17.4. The number of nitrogens with zero attached hydrogens (tertiary/aromatic N) is 3. The number of hydrogen-bond donors (Lipinski definition) is 3. The molecule has 0 aliphatic carbocycles. The quantitative estimate of drug-likeness (QED) is 0.416. The summed E-state index contributed by atoms with van der Waals surface area (Å²) in [6.07, 6.45) is 0. The van der Waals surface area contributed by atoms with Gasteiger partial charge < -0.3 is 10.3 Å². The lowest BCUT2D eigenvalue weighted by Gasteiger charge is -2.13. The molecule has 0 saturated heterocycles. The fourth-order valence-electron chi connectivity index (χ4n) is 3.26. The van der Waals surface area contributed by atoms with Gasteiger partial charge >= 0.3 is 0 Å². The van der Waals surface area contributed by atoms with Gasteiger partial charge in [-0.2, -0.15) is 5.10 Å². The number of hydrogen-bond acceptors (Lipinski definition) is 4. The molecule has 7 nitrogen and oxygen atoms in total. The molecule has 0 aliphatic rings. The van der Waals surface area contributed by atoms with Crippen molar-refractivity contribution < 1.29 is 4.79 Å². The van der Waals surface area contributed by atoms with E-state index in [1.807, 2.05) is 49.4 Å². The zero-order valence-corrected chi connectivity index (χ0v) is 18.2. The number of aromatic nitrogens is 5. The molecule has 0 bridgehead atoms. The van der Waals surface area contributed by atoms with Gasteiger partial charge in [-0.3, -0.25) is 14.5 Å². The van der Waals surface area contributed by atoms with Crippen LogP contribution in [0, 0.1) is 11.7 Å². The van der Waals surface area contributed by atoms with Crippen molar-refractivity contribution in [1.29, 1.82) is 0 Å². The third kappa shape index (κ3) is 4.04.